The molecule has 0 unspecified atom stereocenters. The van der Waals surface area contributed by atoms with Crippen molar-refractivity contribution in [1.82, 2.24) is 5.32 Å². The molecule has 1 amide bonds. The summed E-state index contributed by atoms with van der Waals surface area (Å²) in [7, 11) is 0. The number of carbonyl (C=O) groups excluding carboxylic acids is 1. The van der Waals surface area contributed by atoms with E-state index >= 15 is 0 Å². The molecular formula is C12H15N3O. The average Bonchev–Trinajstić information content (AvgIpc) is 2.27. The standard InChI is InChI=1S/C12H15N3O/c1-2-7-15-12(16)6-3-9-8-10(13)4-5-11(9)14/h2-6,8H,1,7,13-14H2,(H,15,16)/b6-3+. The Morgan fingerprint density at radius 1 is 1.44 bits per heavy atom. The third kappa shape index (κ3) is 3.49. The molecule has 0 saturated carbocycles. The summed E-state index contributed by atoms with van der Waals surface area (Å²) in [5.74, 6) is -0.193. The molecule has 0 aromatic heterocycles. The van der Waals surface area contributed by atoms with E-state index in [0.717, 1.165) is 5.56 Å². The highest BCUT2D eigenvalue weighted by Gasteiger charge is 1.97. The fourth-order valence-corrected chi connectivity index (χ4v) is 1.13. The van der Waals surface area contributed by atoms with Crippen LogP contribution < -0.4 is 16.8 Å². The van der Waals surface area contributed by atoms with Crippen molar-refractivity contribution in [3.05, 3.63) is 42.5 Å². The summed E-state index contributed by atoms with van der Waals surface area (Å²) in [6.45, 7) is 3.94. The number of nitrogen functional groups attached to an aromatic ring is 2. The van der Waals surface area contributed by atoms with E-state index in [-0.39, 0.29) is 5.91 Å². The van der Waals surface area contributed by atoms with Crippen LogP contribution in [-0.4, -0.2) is 12.5 Å². The molecule has 0 radical (unpaired) electrons. The number of anilines is 2. The first-order valence-corrected chi connectivity index (χ1v) is 4.85. The quantitative estimate of drug-likeness (QED) is 0.402. The summed E-state index contributed by atoms with van der Waals surface area (Å²) >= 11 is 0. The second-order valence-electron chi connectivity index (χ2n) is 3.26. The van der Waals surface area contributed by atoms with Crippen molar-refractivity contribution in [2.75, 3.05) is 18.0 Å². The molecule has 0 fully saturated rings. The molecule has 0 aliphatic carbocycles. The lowest BCUT2D eigenvalue weighted by atomic mass is 10.1. The molecule has 0 spiro atoms. The Morgan fingerprint density at radius 3 is 2.88 bits per heavy atom. The van der Waals surface area contributed by atoms with Gasteiger partial charge in [-0.3, -0.25) is 4.79 Å². The van der Waals surface area contributed by atoms with Crippen LogP contribution in [0, 0.1) is 0 Å². The molecule has 1 rings (SSSR count). The second-order valence-corrected chi connectivity index (χ2v) is 3.26. The lowest BCUT2D eigenvalue weighted by Crippen LogP contribution is -2.20. The monoisotopic (exact) mass is 217 g/mol. The summed E-state index contributed by atoms with van der Waals surface area (Å²) in [6, 6.07) is 5.13. The molecule has 0 heterocycles. The van der Waals surface area contributed by atoms with Gasteiger partial charge in [-0.25, -0.2) is 0 Å². The largest absolute Gasteiger partial charge is 0.399 e. The number of hydrogen-bond donors (Lipinski definition) is 3. The van der Waals surface area contributed by atoms with Crippen molar-refractivity contribution in [1.29, 1.82) is 0 Å². The van der Waals surface area contributed by atoms with Crippen LogP contribution in [0.25, 0.3) is 6.08 Å². The zero-order chi connectivity index (χ0) is 12.0. The van der Waals surface area contributed by atoms with E-state index < -0.39 is 0 Å². The smallest absolute Gasteiger partial charge is 0.244 e. The summed E-state index contributed by atoms with van der Waals surface area (Å²) in [6.07, 6.45) is 4.65. The van der Waals surface area contributed by atoms with E-state index in [4.69, 9.17) is 11.5 Å². The summed E-state index contributed by atoms with van der Waals surface area (Å²) < 4.78 is 0. The normalized spacial score (nSPS) is 10.2. The number of nitrogens with two attached hydrogens (primary N) is 2. The third-order valence-electron chi connectivity index (χ3n) is 1.95. The molecule has 4 nitrogen and oxygen atoms in total. The van der Waals surface area contributed by atoms with Crippen LogP contribution in [0.4, 0.5) is 11.4 Å². The molecular weight excluding hydrogens is 202 g/mol. The zero-order valence-corrected chi connectivity index (χ0v) is 8.94. The topological polar surface area (TPSA) is 81.1 Å². The van der Waals surface area contributed by atoms with E-state index in [1.807, 2.05) is 0 Å². The minimum Gasteiger partial charge on any atom is -0.399 e. The number of benzene rings is 1. The molecule has 1 aromatic rings. The molecule has 16 heavy (non-hydrogen) atoms. The van der Waals surface area contributed by atoms with Crippen molar-refractivity contribution in [2.24, 2.45) is 0 Å². The molecule has 4 heteroatoms. The summed E-state index contributed by atoms with van der Waals surface area (Å²) in [5.41, 5.74) is 13.3. The van der Waals surface area contributed by atoms with E-state index in [1.54, 1.807) is 30.4 Å². The maximum Gasteiger partial charge on any atom is 0.244 e. The number of nitrogens with one attached hydrogen (secondary N) is 1. The number of carbonyl (C=O) groups is 1. The Hall–Kier alpha value is -2.23. The van der Waals surface area contributed by atoms with Crippen molar-refractivity contribution in [3.63, 3.8) is 0 Å². The summed E-state index contributed by atoms with van der Waals surface area (Å²) in [4.78, 5) is 11.3. The molecule has 0 aliphatic rings. The van der Waals surface area contributed by atoms with Crippen LogP contribution in [-0.2, 0) is 4.79 Å². The van der Waals surface area contributed by atoms with Crippen molar-refractivity contribution < 1.29 is 4.79 Å². The van der Waals surface area contributed by atoms with Crippen molar-refractivity contribution in [3.8, 4) is 0 Å². The molecule has 0 saturated heterocycles. The van der Waals surface area contributed by atoms with Crippen LogP contribution in [0.3, 0.4) is 0 Å². The first-order valence-electron chi connectivity index (χ1n) is 4.85. The van der Waals surface area contributed by atoms with Gasteiger partial charge in [-0.15, -0.1) is 6.58 Å². The minimum absolute atomic E-state index is 0.193. The number of rotatable bonds is 4. The first-order chi connectivity index (χ1) is 7.63. The highest BCUT2D eigenvalue weighted by Crippen LogP contribution is 2.16. The van der Waals surface area contributed by atoms with Crippen LogP contribution >= 0.6 is 0 Å². The fourth-order valence-electron chi connectivity index (χ4n) is 1.13. The van der Waals surface area contributed by atoms with Crippen LogP contribution in [0.15, 0.2) is 36.9 Å². The van der Waals surface area contributed by atoms with Crippen LogP contribution in [0.2, 0.25) is 0 Å². The third-order valence-corrected chi connectivity index (χ3v) is 1.95. The zero-order valence-electron chi connectivity index (χ0n) is 8.94. The molecule has 5 N–H and O–H groups in total. The van der Waals surface area contributed by atoms with Gasteiger partial charge in [-0.1, -0.05) is 6.08 Å². The van der Waals surface area contributed by atoms with E-state index in [0.29, 0.717) is 17.9 Å². The fraction of sp³-hybridized carbons (Fsp3) is 0.0833. The van der Waals surface area contributed by atoms with Gasteiger partial charge in [0.1, 0.15) is 0 Å². The van der Waals surface area contributed by atoms with E-state index in [1.165, 1.54) is 6.08 Å². The Bertz CT molecular complexity index is 424. The highest BCUT2D eigenvalue weighted by atomic mass is 16.1. The second kappa shape index (κ2) is 5.60. The SMILES string of the molecule is C=CCNC(=O)/C=C/c1cc(N)ccc1N. The maximum absolute atomic E-state index is 11.3. The van der Waals surface area contributed by atoms with Crippen molar-refractivity contribution >= 4 is 23.4 Å². The highest BCUT2D eigenvalue weighted by molar-refractivity contribution is 5.92. The van der Waals surface area contributed by atoms with Gasteiger partial charge in [-0.05, 0) is 29.8 Å². The number of hydrogen-bond acceptors (Lipinski definition) is 3. The van der Waals surface area contributed by atoms with Crippen LogP contribution in [0.1, 0.15) is 5.56 Å². The Balaban J connectivity index is 2.71. The van der Waals surface area contributed by atoms with Gasteiger partial charge in [0.15, 0.2) is 0 Å². The lowest BCUT2D eigenvalue weighted by Gasteiger charge is -2.01. The van der Waals surface area contributed by atoms with E-state index in [2.05, 4.69) is 11.9 Å². The van der Waals surface area contributed by atoms with Gasteiger partial charge in [0.05, 0.1) is 0 Å². The predicted molar refractivity (Wildman–Crippen MR) is 67.5 cm³/mol. The molecule has 84 valence electrons. The molecule has 0 bridgehead atoms. The van der Waals surface area contributed by atoms with Gasteiger partial charge in [0.2, 0.25) is 5.91 Å². The van der Waals surface area contributed by atoms with Gasteiger partial charge in [0.25, 0.3) is 0 Å². The van der Waals surface area contributed by atoms with Gasteiger partial charge in [-0.2, -0.15) is 0 Å². The average molecular weight is 217 g/mol. The summed E-state index contributed by atoms with van der Waals surface area (Å²) in [5, 5.41) is 2.62. The lowest BCUT2D eigenvalue weighted by molar-refractivity contribution is -0.116. The van der Waals surface area contributed by atoms with Crippen LogP contribution in [0.5, 0.6) is 0 Å². The predicted octanol–water partition coefficient (Wildman–Crippen LogP) is 1.17. The minimum atomic E-state index is -0.193. The molecule has 0 atom stereocenters. The first kappa shape index (κ1) is 11.8. The molecule has 0 aliphatic heterocycles. The van der Waals surface area contributed by atoms with Crippen molar-refractivity contribution in [2.45, 2.75) is 0 Å². The maximum atomic E-state index is 11.3. The Labute approximate surface area is 94.6 Å². The Kier molecular flexibility index (Phi) is 4.15. The van der Waals surface area contributed by atoms with Gasteiger partial charge < -0.3 is 16.8 Å². The van der Waals surface area contributed by atoms with Gasteiger partial charge >= 0.3 is 0 Å². The molecule has 1 aromatic carbocycles. The number of amides is 1. The van der Waals surface area contributed by atoms with E-state index in [9.17, 15) is 4.79 Å². The Morgan fingerprint density at radius 2 is 2.19 bits per heavy atom. The van der Waals surface area contributed by atoms with Gasteiger partial charge in [0, 0.05) is 24.0 Å².